The van der Waals surface area contributed by atoms with Gasteiger partial charge in [-0.15, -0.1) is 0 Å². The van der Waals surface area contributed by atoms with E-state index in [1.165, 1.54) is 0 Å². The van der Waals surface area contributed by atoms with Crippen molar-refractivity contribution in [2.45, 2.75) is 49.6 Å². The fourth-order valence-corrected chi connectivity index (χ4v) is 6.06. The first-order chi connectivity index (χ1) is 18.3. The first kappa shape index (κ1) is 25.4. The fraction of sp³-hybridized carbons (Fsp3) is 0.233. The van der Waals surface area contributed by atoms with Crippen LogP contribution in [-0.2, 0) is 27.7 Å². The van der Waals surface area contributed by atoms with E-state index in [9.17, 15) is 13.2 Å². The Labute approximate surface area is 222 Å². The molecule has 0 N–H and O–H groups in total. The lowest BCUT2D eigenvalue weighted by Crippen LogP contribution is -2.32. The number of carbonyl (C=O) groups excluding carboxylic acids is 1. The number of sulfone groups is 1. The number of anilines is 1. The van der Waals surface area contributed by atoms with Crippen LogP contribution in [0.4, 0.5) is 5.69 Å². The summed E-state index contributed by atoms with van der Waals surface area (Å²) in [6, 6.07) is 23.0. The molecule has 38 heavy (non-hydrogen) atoms. The Morgan fingerprint density at radius 3 is 2.39 bits per heavy atom. The quantitative estimate of drug-likeness (QED) is 0.316. The summed E-state index contributed by atoms with van der Waals surface area (Å²) in [5.74, 6) is 0.842. The SMILES string of the molecule is Cc1cc(N(Cc2cnc(C)n2Cc2ccc(C#N)cc2)C(=O)C2CC2)ccc1S(=O)(=O)c1ccccc1. The second-order valence-corrected chi connectivity index (χ2v) is 11.6. The predicted octanol–water partition coefficient (Wildman–Crippen LogP) is 5.20. The van der Waals surface area contributed by atoms with Gasteiger partial charge in [0, 0.05) is 18.2 Å². The second-order valence-electron chi connectivity index (χ2n) is 9.66. The van der Waals surface area contributed by atoms with Gasteiger partial charge in [-0.3, -0.25) is 4.79 Å². The summed E-state index contributed by atoms with van der Waals surface area (Å²) in [6.45, 7) is 4.56. The highest BCUT2D eigenvalue weighted by molar-refractivity contribution is 7.91. The van der Waals surface area contributed by atoms with Gasteiger partial charge in [0.15, 0.2) is 0 Å². The molecule has 1 aliphatic carbocycles. The van der Waals surface area contributed by atoms with Crippen molar-refractivity contribution in [2.75, 3.05) is 4.90 Å². The highest BCUT2D eigenvalue weighted by Gasteiger charge is 2.35. The van der Waals surface area contributed by atoms with Gasteiger partial charge in [0.2, 0.25) is 15.7 Å². The molecule has 3 aromatic carbocycles. The number of amides is 1. The molecule has 5 rings (SSSR count). The number of aryl methyl sites for hydroxylation is 2. The first-order valence-electron chi connectivity index (χ1n) is 12.5. The summed E-state index contributed by atoms with van der Waals surface area (Å²) in [5.41, 5.74) is 3.75. The number of hydrogen-bond donors (Lipinski definition) is 0. The molecule has 0 radical (unpaired) electrons. The normalized spacial score (nSPS) is 13.2. The summed E-state index contributed by atoms with van der Waals surface area (Å²) in [4.78, 5) is 20.1. The van der Waals surface area contributed by atoms with Crippen molar-refractivity contribution in [3.63, 3.8) is 0 Å². The zero-order chi connectivity index (χ0) is 26.9. The summed E-state index contributed by atoms with van der Waals surface area (Å²) in [7, 11) is -3.68. The topological polar surface area (TPSA) is 96.1 Å². The van der Waals surface area contributed by atoms with Crippen molar-refractivity contribution in [1.82, 2.24) is 9.55 Å². The first-order valence-corrected chi connectivity index (χ1v) is 14.0. The Morgan fingerprint density at radius 2 is 1.76 bits per heavy atom. The molecule has 0 spiro atoms. The zero-order valence-electron chi connectivity index (χ0n) is 21.3. The van der Waals surface area contributed by atoms with Crippen LogP contribution in [0.2, 0.25) is 0 Å². The van der Waals surface area contributed by atoms with E-state index in [0.29, 0.717) is 29.9 Å². The van der Waals surface area contributed by atoms with Gasteiger partial charge < -0.3 is 9.47 Å². The number of nitrogens with zero attached hydrogens (tertiary/aromatic N) is 4. The van der Waals surface area contributed by atoms with Crippen molar-refractivity contribution < 1.29 is 13.2 Å². The monoisotopic (exact) mass is 524 g/mol. The Kier molecular flexibility index (Phi) is 6.87. The van der Waals surface area contributed by atoms with Gasteiger partial charge in [-0.2, -0.15) is 5.26 Å². The zero-order valence-corrected chi connectivity index (χ0v) is 22.1. The molecule has 4 aromatic rings. The Morgan fingerprint density at radius 1 is 1.05 bits per heavy atom. The Balaban J connectivity index is 1.46. The number of hydrogen-bond acceptors (Lipinski definition) is 5. The van der Waals surface area contributed by atoms with Crippen molar-refractivity contribution in [3.05, 3.63) is 107 Å². The molecule has 0 saturated heterocycles. The molecule has 1 saturated carbocycles. The molecule has 1 aliphatic rings. The van der Waals surface area contributed by atoms with Crippen LogP contribution in [0.5, 0.6) is 0 Å². The van der Waals surface area contributed by atoms with Gasteiger partial charge >= 0.3 is 0 Å². The Hall–Kier alpha value is -4.22. The highest BCUT2D eigenvalue weighted by atomic mass is 32.2. The minimum atomic E-state index is -3.68. The molecule has 1 aromatic heterocycles. The van der Waals surface area contributed by atoms with E-state index in [-0.39, 0.29) is 21.6 Å². The molecule has 7 nitrogen and oxygen atoms in total. The van der Waals surface area contributed by atoms with E-state index in [4.69, 9.17) is 5.26 Å². The maximum absolute atomic E-state index is 13.4. The van der Waals surface area contributed by atoms with Gasteiger partial charge in [0.1, 0.15) is 5.82 Å². The van der Waals surface area contributed by atoms with E-state index >= 15 is 0 Å². The van der Waals surface area contributed by atoms with Crippen molar-refractivity contribution in [1.29, 1.82) is 5.26 Å². The van der Waals surface area contributed by atoms with Crippen LogP contribution in [0.3, 0.4) is 0 Å². The second kappa shape index (κ2) is 10.3. The molecular formula is C30H28N4O3S. The van der Waals surface area contributed by atoms with Gasteiger partial charge in [0.25, 0.3) is 0 Å². The molecule has 0 unspecified atom stereocenters. The summed E-state index contributed by atoms with van der Waals surface area (Å²) in [6.07, 6.45) is 3.50. The maximum atomic E-state index is 13.4. The van der Waals surface area contributed by atoms with Crippen LogP contribution < -0.4 is 4.90 Å². The van der Waals surface area contributed by atoms with Gasteiger partial charge in [-0.25, -0.2) is 13.4 Å². The van der Waals surface area contributed by atoms with Crippen LogP contribution >= 0.6 is 0 Å². The molecule has 1 amide bonds. The van der Waals surface area contributed by atoms with E-state index in [1.807, 2.05) is 19.1 Å². The van der Waals surface area contributed by atoms with Crippen LogP contribution in [0.1, 0.15) is 41.1 Å². The van der Waals surface area contributed by atoms with Crippen molar-refractivity contribution >= 4 is 21.4 Å². The number of carbonyl (C=O) groups is 1. The third kappa shape index (κ3) is 5.11. The number of imidazole rings is 1. The standard InChI is InChI=1S/C30H28N4O3S/c1-21-16-26(14-15-29(21)38(36,37)28-6-4-3-5-7-28)34(30(35)25-12-13-25)20-27-18-32-22(2)33(27)19-24-10-8-23(17-31)9-11-24/h3-11,14-16,18,25H,12-13,19-20H2,1-2H3. The van der Waals surface area contributed by atoms with Crippen LogP contribution in [0, 0.1) is 31.1 Å². The van der Waals surface area contributed by atoms with E-state index in [1.54, 1.807) is 78.7 Å². The van der Waals surface area contributed by atoms with Crippen LogP contribution in [0.15, 0.2) is 88.8 Å². The molecular weight excluding hydrogens is 496 g/mol. The smallest absolute Gasteiger partial charge is 0.230 e. The van der Waals surface area contributed by atoms with E-state index < -0.39 is 9.84 Å². The highest BCUT2D eigenvalue weighted by Crippen LogP contribution is 2.35. The van der Waals surface area contributed by atoms with Crippen LogP contribution in [0.25, 0.3) is 0 Å². The third-order valence-electron chi connectivity index (χ3n) is 6.89. The van der Waals surface area contributed by atoms with Crippen LogP contribution in [-0.4, -0.2) is 23.9 Å². The molecule has 0 atom stereocenters. The van der Waals surface area contributed by atoms with E-state index in [0.717, 1.165) is 29.9 Å². The summed E-state index contributed by atoms with van der Waals surface area (Å²) < 4.78 is 28.5. The lowest BCUT2D eigenvalue weighted by atomic mass is 10.1. The minimum absolute atomic E-state index is 0.0148. The van der Waals surface area contributed by atoms with Gasteiger partial charge in [-0.05, 0) is 80.3 Å². The maximum Gasteiger partial charge on any atom is 0.230 e. The molecule has 1 heterocycles. The number of aromatic nitrogens is 2. The molecule has 8 heteroatoms. The minimum Gasteiger partial charge on any atom is -0.326 e. The molecule has 0 aliphatic heterocycles. The van der Waals surface area contributed by atoms with Crippen molar-refractivity contribution in [2.24, 2.45) is 5.92 Å². The molecule has 0 bridgehead atoms. The number of rotatable bonds is 8. The third-order valence-corrected chi connectivity index (χ3v) is 8.82. The summed E-state index contributed by atoms with van der Waals surface area (Å²) >= 11 is 0. The number of benzene rings is 3. The number of nitriles is 1. The largest absolute Gasteiger partial charge is 0.326 e. The van der Waals surface area contributed by atoms with Gasteiger partial charge in [-0.1, -0.05) is 30.3 Å². The lowest BCUT2D eigenvalue weighted by molar-refractivity contribution is -0.119. The lowest BCUT2D eigenvalue weighted by Gasteiger charge is -2.25. The average Bonchev–Trinajstić information content (AvgIpc) is 3.73. The van der Waals surface area contributed by atoms with Crippen molar-refractivity contribution in [3.8, 4) is 6.07 Å². The van der Waals surface area contributed by atoms with E-state index in [2.05, 4.69) is 15.6 Å². The molecule has 1 fully saturated rings. The Bertz CT molecular complexity index is 1630. The fourth-order valence-electron chi connectivity index (χ4n) is 4.56. The summed E-state index contributed by atoms with van der Waals surface area (Å²) in [5, 5.41) is 9.09. The molecule has 192 valence electrons. The average molecular weight is 525 g/mol. The predicted molar refractivity (Wildman–Crippen MR) is 144 cm³/mol. The van der Waals surface area contributed by atoms with Gasteiger partial charge in [0.05, 0.1) is 39.9 Å².